The third-order valence-corrected chi connectivity index (χ3v) is 5.78. The number of primary amides is 1. The second-order valence-electron chi connectivity index (χ2n) is 8.03. The monoisotopic (exact) mass is 486 g/mol. The van der Waals surface area contributed by atoms with Crippen molar-refractivity contribution in [2.24, 2.45) is 5.73 Å². The minimum Gasteiger partial charge on any atom is -0.496 e. The number of hydrogen-bond donors (Lipinski definition) is 2. The number of allylic oxidation sites excluding steroid dienone is 1. The van der Waals surface area contributed by atoms with Gasteiger partial charge in [-0.3, -0.25) is 9.59 Å². The Morgan fingerprint density at radius 1 is 0.917 bits per heavy atom. The van der Waals surface area contributed by atoms with E-state index < -0.39 is 5.91 Å². The van der Waals surface area contributed by atoms with Crippen LogP contribution in [0.3, 0.4) is 0 Å². The molecule has 0 aliphatic heterocycles. The highest BCUT2D eigenvalue weighted by Crippen LogP contribution is 2.39. The van der Waals surface area contributed by atoms with Gasteiger partial charge in [-0.1, -0.05) is 12.1 Å². The molecule has 1 heterocycles. The van der Waals surface area contributed by atoms with Gasteiger partial charge in [-0.2, -0.15) is 0 Å². The molecule has 0 spiro atoms. The van der Waals surface area contributed by atoms with Crippen molar-refractivity contribution in [1.82, 2.24) is 0 Å². The molecule has 4 rings (SSSR count). The summed E-state index contributed by atoms with van der Waals surface area (Å²) in [5.74, 6) is 0.867. The predicted molar refractivity (Wildman–Crippen MR) is 139 cm³/mol. The van der Waals surface area contributed by atoms with Crippen LogP contribution in [0.1, 0.15) is 22.8 Å². The maximum Gasteiger partial charge on any atom is 0.248 e. The van der Waals surface area contributed by atoms with Crippen molar-refractivity contribution in [2.75, 3.05) is 26.6 Å². The van der Waals surface area contributed by atoms with Gasteiger partial charge in [-0.05, 0) is 54.5 Å². The summed E-state index contributed by atoms with van der Waals surface area (Å²) in [4.78, 5) is 24.1. The highest BCUT2D eigenvalue weighted by atomic mass is 16.5. The zero-order valence-electron chi connectivity index (χ0n) is 20.4. The number of amides is 2. The number of carbonyl (C=O) groups excluding carboxylic acids is 2. The minimum atomic E-state index is -0.568. The van der Waals surface area contributed by atoms with Crippen LogP contribution in [0.25, 0.3) is 27.7 Å². The molecule has 0 saturated heterocycles. The molecule has 36 heavy (non-hydrogen) atoms. The normalized spacial score (nSPS) is 11.3. The lowest BCUT2D eigenvalue weighted by Gasteiger charge is -2.11. The van der Waals surface area contributed by atoms with Gasteiger partial charge in [0.25, 0.3) is 0 Å². The number of hydrogen-bond acceptors (Lipinski definition) is 6. The van der Waals surface area contributed by atoms with Crippen molar-refractivity contribution in [2.45, 2.75) is 6.92 Å². The standard InChI is InChI=1S/C28H26N2O6/c1-16(10-27(31)30-19-7-5-6-18(11-19)28(29)32)20-13-21-22(15-36-25(21)14-24(20)34-3)17-8-9-23(33-2)26(12-17)35-4/h5-15H,1-4H3,(H2,29,32)(H,30,31)/b16-10+. The lowest BCUT2D eigenvalue weighted by Crippen LogP contribution is -2.13. The summed E-state index contributed by atoms with van der Waals surface area (Å²) in [6.45, 7) is 1.82. The quantitative estimate of drug-likeness (QED) is 0.328. The summed E-state index contributed by atoms with van der Waals surface area (Å²) >= 11 is 0. The first-order chi connectivity index (χ1) is 17.3. The van der Waals surface area contributed by atoms with Crippen LogP contribution < -0.4 is 25.3 Å². The number of fused-ring (bicyclic) bond motifs is 1. The molecule has 0 unspecified atom stereocenters. The van der Waals surface area contributed by atoms with Gasteiger partial charge < -0.3 is 29.7 Å². The van der Waals surface area contributed by atoms with Crippen LogP contribution in [0.4, 0.5) is 5.69 Å². The van der Waals surface area contributed by atoms with Crippen molar-refractivity contribution in [1.29, 1.82) is 0 Å². The highest BCUT2D eigenvalue weighted by Gasteiger charge is 2.16. The Hall–Kier alpha value is -4.72. The number of methoxy groups -OCH3 is 3. The molecule has 0 bridgehead atoms. The zero-order valence-corrected chi connectivity index (χ0v) is 20.4. The summed E-state index contributed by atoms with van der Waals surface area (Å²) in [5, 5.41) is 3.61. The first-order valence-corrected chi connectivity index (χ1v) is 11.1. The predicted octanol–water partition coefficient (Wildman–Crippen LogP) is 5.27. The number of anilines is 1. The van der Waals surface area contributed by atoms with Gasteiger partial charge >= 0.3 is 0 Å². The number of carbonyl (C=O) groups is 2. The van der Waals surface area contributed by atoms with Gasteiger partial charge in [0.15, 0.2) is 11.5 Å². The Morgan fingerprint density at radius 2 is 1.67 bits per heavy atom. The van der Waals surface area contributed by atoms with Crippen LogP contribution in [0, 0.1) is 0 Å². The Bertz CT molecular complexity index is 1480. The molecule has 0 fully saturated rings. The lowest BCUT2D eigenvalue weighted by atomic mass is 9.99. The fourth-order valence-corrected chi connectivity index (χ4v) is 3.96. The van der Waals surface area contributed by atoms with Gasteiger partial charge in [0, 0.05) is 39.9 Å². The van der Waals surface area contributed by atoms with Crippen molar-refractivity contribution < 1.29 is 28.2 Å². The summed E-state index contributed by atoms with van der Waals surface area (Å²) in [6, 6.07) is 15.8. The van der Waals surface area contributed by atoms with E-state index in [0.29, 0.717) is 39.7 Å². The number of nitrogens with one attached hydrogen (secondary N) is 1. The summed E-state index contributed by atoms with van der Waals surface area (Å²) < 4.78 is 22.2. The fraction of sp³-hybridized carbons (Fsp3) is 0.143. The van der Waals surface area contributed by atoms with Crippen molar-refractivity contribution in [3.05, 3.63) is 78.1 Å². The van der Waals surface area contributed by atoms with Crippen LogP contribution in [0.2, 0.25) is 0 Å². The fourth-order valence-electron chi connectivity index (χ4n) is 3.96. The molecule has 0 aliphatic rings. The molecule has 8 nitrogen and oxygen atoms in total. The molecule has 0 radical (unpaired) electrons. The number of benzene rings is 3. The van der Waals surface area contributed by atoms with E-state index in [1.807, 2.05) is 31.2 Å². The zero-order chi connectivity index (χ0) is 25.8. The van der Waals surface area contributed by atoms with Crippen LogP contribution in [0.5, 0.6) is 17.2 Å². The summed E-state index contributed by atoms with van der Waals surface area (Å²) in [7, 11) is 4.73. The second-order valence-corrected chi connectivity index (χ2v) is 8.03. The maximum atomic E-state index is 12.7. The van der Waals surface area contributed by atoms with Crippen molar-refractivity contribution in [3.63, 3.8) is 0 Å². The minimum absolute atomic E-state index is 0.309. The molecule has 0 aliphatic carbocycles. The van der Waals surface area contributed by atoms with E-state index in [-0.39, 0.29) is 5.91 Å². The smallest absolute Gasteiger partial charge is 0.248 e. The molecule has 1 aromatic heterocycles. The van der Waals surface area contributed by atoms with E-state index in [2.05, 4.69) is 5.32 Å². The van der Waals surface area contributed by atoms with E-state index in [1.54, 1.807) is 51.9 Å². The molecular weight excluding hydrogens is 460 g/mol. The topological polar surface area (TPSA) is 113 Å². The summed E-state index contributed by atoms with van der Waals surface area (Å²) in [6.07, 6.45) is 3.14. The Labute approximate surface area is 208 Å². The van der Waals surface area contributed by atoms with Crippen LogP contribution in [-0.4, -0.2) is 33.1 Å². The average molecular weight is 487 g/mol. The number of ether oxygens (including phenoxy) is 3. The molecule has 2 amide bonds. The number of nitrogens with two attached hydrogens (primary N) is 1. The average Bonchev–Trinajstić information content (AvgIpc) is 3.30. The molecule has 0 saturated carbocycles. The number of furan rings is 1. The van der Waals surface area contributed by atoms with E-state index >= 15 is 0 Å². The first-order valence-electron chi connectivity index (χ1n) is 11.1. The molecule has 3 aromatic carbocycles. The molecular formula is C28H26N2O6. The van der Waals surface area contributed by atoms with Gasteiger partial charge in [0.1, 0.15) is 11.3 Å². The molecule has 8 heteroatoms. The van der Waals surface area contributed by atoms with Gasteiger partial charge in [-0.15, -0.1) is 0 Å². The SMILES string of the molecule is COc1ccc(-c2coc3cc(OC)c(/C(C)=C/C(=O)Nc4cccc(C(N)=O)c4)cc23)cc1OC. The third kappa shape index (κ3) is 4.88. The molecule has 0 atom stereocenters. The summed E-state index contributed by atoms with van der Waals surface area (Å²) in [5.41, 5.74) is 9.89. The third-order valence-electron chi connectivity index (χ3n) is 5.78. The Kier molecular flexibility index (Phi) is 6.96. The van der Waals surface area contributed by atoms with Crippen LogP contribution >= 0.6 is 0 Å². The molecule has 4 aromatic rings. The van der Waals surface area contributed by atoms with Gasteiger partial charge in [0.05, 0.1) is 27.6 Å². The van der Waals surface area contributed by atoms with Crippen molar-refractivity contribution >= 4 is 34.0 Å². The number of rotatable bonds is 8. The van der Waals surface area contributed by atoms with Gasteiger partial charge in [0.2, 0.25) is 11.8 Å². The maximum absolute atomic E-state index is 12.7. The van der Waals surface area contributed by atoms with Gasteiger partial charge in [-0.25, -0.2) is 0 Å². The highest BCUT2D eigenvalue weighted by molar-refractivity contribution is 6.06. The second kappa shape index (κ2) is 10.3. The van der Waals surface area contributed by atoms with E-state index in [9.17, 15) is 9.59 Å². The van der Waals surface area contributed by atoms with Crippen LogP contribution in [-0.2, 0) is 4.79 Å². The molecule has 184 valence electrons. The first kappa shape index (κ1) is 24.4. The van der Waals surface area contributed by atoms with E-state index in [4.69, 9.17) is 24.4 Å². The molecule has 3 N–H and O–H groups in total. The van der Waals surface area contributed by atoms with E-state index in [0.717, 1.165) is 22.1 Å². The van der Waals surface area contributed by atoms with Crippen LogP contribution in [0.15, 0.2) is 71.4 Å². The largest absolute Gasteiger partial charge is 0.496 e. The lowest BCUT2D eigenvalue weighted by molar-refractivity contribution is -0.111. The Morgan fingerprint density at radius 3 is 2.36 bits per heavy atom. The van der Waals surface area contributed by atoms with Crippen molar-refractivity contribution in [3.8, 4) is 28.4 Å². The van der Waals surface area contributed by atoms with E-state index in [1.165, 1.54) is 12.1 Å². The Balaban J connectivity index is 1.70.